The summed E-state index contributed by atoms with van der Waals surface area (Å²) >= 11 is 0. The lowest BCUT2D eigenvalue weighted by molar-refractivity contribution is 0.199. The molecule has 0 saturated heterocycles. The van der Waals surface area contributed by atoms with Gasteiger partial charge in [-0.2, -0.15) is 5.26 Å². The van der Waals surface area contributed by atoms with Crippen molar-refractivity contribution in [1.82, 2.24) is 0 Å². The van der Waals surface area contributed by atoms with Crippen LogP contribution in [0, 0.1) is 11.3 Å². The molecule has 16 heavy (non-hydrogen) atoms. The Bertz CT molecular complexity index is 365. The average molecular weight is 218 g/mol. The number of hydrogen-bond donors (Lipinski definition) is 1. The third-order valence-corrected chi connectivity index (χ3v) is 2.83. The van der Waals surface area contributed by atoms with E-state index in [2.05, 4.69) is 11.0 Å². The lowest BCUT2D eigenvalue weighted by atomic mass is 10.1. The van der Waals surface area contributed by atoms with Gasteiger partial charge in [0.2, 0.25) is 0 Å². The molecule has 1 aromatic rings. The monoisotopic (exact) mass is 218 g/mol. The lowest BCUT2D eigenvalue weighted by Crippen LogP contribution is -2.28. The van der Waals surface area contributed by atoms with Gasteiger partial charge in [0.15, 0.2) is 0 Å². The van der Waals surface area contributed by atoms with Gasteiger partial charge in [-0.3, -0.25) is 0 Å². The van der Waals surface area contributed by atoms with Crippen LogP contribution in [-0.4, -0.2) is 18.2 Å². The van der Waals surface area contributed by atoms with Crippen molar-refractivity contribution in [3.63, 3.8) is 0 Å². The van der Waals surface area contributed by atoms with Crippen LogP contribution in [0.4, 0.5) is 5.69 Å². The Morgan fingerprint density at radius 2 is 1.88 bits per heavy atom. The average Bonchev–Trinajstić information content (AvgIpc) is 2.28. The summed E-state index contributed by atoms with van der Waals surface area (Å²) in [5.74, 6) is 0. The maximum absolute atomic E-state index is 9.39. The third-order valence-electron chi connectivity index (χ3n) is 2.83. The van der Waals surface area contributed by atoms with E-state index < -0.39 is 6.10 Å². The fourth-order valence-corrected chi connectivity index (χ4v) is 1.51. The molecule has 0 spiro atoms. The second-order valence-electron chi connectivity index (χ2n) is 4.09. The highest BCUT2D eigenvalue weighted by Crippen LogP contribution is 2.20. The highest BCUT2D eigenvalue weighted by molar-refractivity contribution is 5.48. The normalized spacial score (nSPS) is 13.9. The summed E-state index contributed by atoms with van der Waals surface area (Å²) in [5.41, 5.74) is 1.97. The summed E-state index contributed by atoms with van der Waals surface area (Å²) in [4.78, 5) is 2.06. The molecule has 1 rings (SSSR count). The lowest BCUT2D eigenvalue weighted by Gasteiger charge is -2.25. The van der Waals surface area contributed by atoms with E-state index >= 15 is 0 Å². The van der Waals surface area contributed by atoms with Crippen molar-refractivity contribution in [3.8, 4) is 6.07 Å². The number of anilines is 1. The summed E-state index contributed by atoms with van der Waals surface area (Å²) in [6.07, 6.45) is 0.0742. The SMILES string of the molecule is CC(CC#N)N(C)c1ccc([C@@H](C)O)cc1. The standard InChI is InChI=1S/C13H18N2O/c1-10(8-9-14)15(3)13-6-4-12(5-7-13)11(2)16/h4-7,10-11,16H,8H2,1-3H3/t10?,11-/m1/s1. The van der Waals surface area contributed by atoms with Crippen molar-refractivity contribution < 1.29 is 5.11 Å². The van der Waals surface area contributed by atoms with Gasteiger partial charge in [0.05, 0.1) is 18.6 Å². The van der Waals surface area contributed by atoms with E-state index in [0.717, 1.165) is 11.3 Å². The van der Waals surface area contributed by atoms with E-state index in [-0.39, 0.29) is 6.04 Å². The molecule has 0 heterocycles. The Kier molecular flexibility index (Phi) is 4.33. The van der Waals surface area contributed by atoms with Gasteiger partial charge in [0.1, 0.15) is 0 Å². The third kappa shape index (κ3) is 2.98. The molecule has 1 N–H and O–H groups in total. The van der Waals surface area contributed by atoms with E-state index in [4.69, 9.17) is 5.26 Å². The zero-order valence-corrected chi connectivity index (χ0v) is 10.0. The molecular weight excluding hydrogens is 200 g/mol. The molecule has 1 aromatic carbocycles. The molecule has 0 bridgehead atoms. The molecular formula is C13H18N2O. The number of rotatable bonds is 4. The molecule has 1 unspecified atom stereocenters. The Hall–Kier alpha value is -1.53. The van der Waals surface area contributed by atoms with Crippen LogP contribution in [0.25, 0.3) is 0 Å². The van der Waals surface area contributed by atoms with E-state index in [1.54, 1.807) is 6.92 Å². The maximum atomic E-state index is 9.39. The van der Waals surface area contributed by atoms with Crippen LogP contribution in [0.5, 0.6) is 0 Å². The van der Waals surface area contributed by atoms with Gasteiger partial charge in [-0.1, -0.05) is 12.1 Å². The molecule has 0 fully saturated rings. The van der Waals surface area contributed by atoms with Gasteiger partial charge in [-0.15, -0.1) is 0 Å². The summed E-state index contributed by atoms with van der Waals surface area (Å²) in [5, 5.41) is 18.0. The summed E-state index contributed by atoms with van der Waals surface area (Å²) in [6, 6.07) is 10.1. The molecule has 3 heteroatoms. The zero-order valence-electron chi connectivity index (χ0n) is 10.0. The maximum Gasteiger partial charge on any atom is 0.0761 e. The highest BCUT2D eigenvalue weighted by Gasteiger charge is 2.09. The van der Waals surface area contributed by atoms with Crippen LogP contribution >= 0.6 is 0 Å². The fourth-order valence-electron chi connectivity index (χ4n) is 1.51. The zero-order chi connectivity index (χ0) is 12.1. The minimum absolute atomic E-state index is 0.197. The minimum Gasteiger partial charge on any atom is -0.389 e. The Morgan fingerprint density at radius 3 is 2.31 bits per heavy atom. The van der Waals surface area contributed by atoms with Crippen LogP contribution in [-0.2, 0) is 0 Å². The number of benzene rings is 1. The first kappa shape index (κ1) is 12.5. The number of hydrogen-bond acceptors (Lipinski definition) is 3. The summed E-state index contributed by atoms with van der Waals surface area (Å²) in [7, 11) is 1.97. The molecule has 0 aromatic heterocycles. The summed E-state index contributed by atoms with van der Waals surface area (Å²) < 4.78 is 0. The van der Waals surface area contributed by atoms with Crippen LogP contribution in [0.15, 0.2) is 24.3 Å². The molecule has 86 valence electrons. The smallest absolute Gasteiger partial charge is 0.0761 e. The largest absolute Gasteiger partial charge is 0.389 e. The molecule has 3 nitrogen and oxygen atoms in total. The quantitative estimate of drug-likeness (QED) is 0.844. The molecule has 0 saturated carbocycles. The van der Waals surface area contributed by atoms with Gasteiger partial charge in [0, 0.05) is 18.8 Å². The van der Waals surface area contributed by atoms with Crippen molar-refractivity contribution in [2.24, 2.45) is 0 Å². The first-order valence-corrected chi connectivity index (χ1v) is 5.44. The van der Waals surface area contributed by atoms with Crippen molar-refractivity contribution >= 4 is 5.69 Å². The van der Waals surface area contributed by atoms with Crippen LogP contribution in [0.1, 0.15) is 31.9 Å². The number of nitriles is 1. The minimum atomic E-state index is -0.434. The van der Waals surface area contributed by atoms with Crippen molar-refractivity contribution in [3.05, 3.63) is 29.8 Å². The fraction of sp³-hybridized carbons (Fsp3) is 0.462. The topological polar surface area (TPSA) is 47.3 Å². The predicted molar refractivity (Wildman–Crippen MR) is 65.2 cm³/mol. The molecule has 0 aliphatic rings. The first-order valence-electron chi connectivity index (χ1n) is 5.44. The van der Waals surface area contributed by atoms with Crippen LogP contribution in [0.2, 0.25) is 0 Å². The van der Waals surface area contributed by atoms with E-state index in [1.807, 2.05) is 38.2 Å². The van der Waals surface area contributed by atoms with Crippen LogP contribution < -0.4 is 4.90 Å². The van der Waals surface area contributed by atoms with E-state index in [0.29, 0.717) is 6.42 Å². The van der Waals surface area contributed by atoms with Crippen LogP contribution in [0.3, 0.4) is 0 Å². The first-order chi connectivity index (χ1) is 7.56. The van der Waals surface area contributed by atoms with Crippen molar-refractivity contribution in [1.29, 1.82) is 5.26 Å². The molecule has 0 aliphatic carbocycles. The molecule has 0 aliphatic heterocycles. The Balaban J connectivity index is 2.78. The Labute approximate surface area is 96.9 Å². The van der Waals surface area contributed by atoms with Gasteiger partial charge >= 0.3 is 0 Å². The van der Waals surface area contributed by atoms with E-state index in [9.17, 15) is 5.11 Å². The van der Waals surface area contributed by atoms with Gasteiger partial charge in [-0.05, 0) is 31.5 Å². The number of nitrogens with zero attached hydrogens (tertiary/aromatic N) is 2. The number of aliphatic hydroxyl groups excluding tert-OH is 1. The number of aliphatic hydroxyl groups is 1. The molecule has 2 atom stereocenters. The summed E-state index contributed by atoms with van der Waals surface area (Å²) in [6.45, 7) is 3.77. The van der Waals surface area contributed by atoms with Crippen molar-refractivity contribution in [2.75, 3.05) is 11.9 Å². The van der Waals surface area contributed by atoms with E-state index in [1.165, 1.54) is 0 Å². The highest BCUT2D eigenvalue weighted by atomic mass is 16.3. The van der Waals surface area contributed by atoms with Crippen molar-refractivity contribution in [2.45, 2.75) is 32.4 Å². The second kappa shape index (κ2) is 5.53. The molecule has 0 amide bonds. The van der Waals surface area contributed by atoms with Gasteiger partial charge in [-0.25, -0.2) is 0 Å². The van der Waals surface area contributed by atoms with Gasteiger partial charge < -0.3 is 10.0 Å². The van der Waals surface area contributed by atoms with Gasteiger partial charge in [0.25, 0.3) is 0 Å². The second-order valence-corrected chi connectivity index (χ2v) is 4.09. The molecule has 0 radical (unpaired) electrons. The predicted octanol–water partition coefficient (Wildman–Crippen LogP) is 2.48. The Morgan fingerprint density at radius 1 is 1.31 bits per heavy atom.